The van der Waals surface area contributed by atoms with Crippen molar-refractivity contribution in [3.63, 3.8) is 0 Å². The lowest BCUT2D eigenvalue weighted by Crippen LogP contribution is -2.17. The molecular formula is C25H18N4O4. The summed E-state index contributed by atoms with van der Waals surface area (Å²) >= 11 is 0. The first-order valence-corrected chi connectivity index (χ1v) is 9.85. The topological polar surface area (TPSA) is 113 Å². The summed E-state index contributed by atoms with van der Waals surface area (Å²) in [5.74, 6) is 1.94. The number of fused-ring (bicyclic) bond motifs is 1. The molecule has 3 N–H and O–H groups in total. The van der Waals surface area contributed by atoms with E-state index in [-0.39, 0.29) is 22.9 Å². The number of benzene rings is 3. The lowest BCUT2D eigenvalue weighted by Gasteiger charge is -2.10. The number of carbonyl (C=O) groups is 3. The van der Waals surface area contributed by atoms with Gasteiger partial charge < -0.3 is 15.0 Å². The second kappa shape index (κ2) is 9.08. The van der Waals surface area contributed by atoms with Crippen LogP contribution in [0.1, 0.15) is 31.8 Å². The van der Waals surface area contributed by atoms with Crippen molar-refractivity contribution in [2.24, 2.45) is 0 Å². The van der Waals surface area contributed by atoms with E-state index in [0.29, 0.717) is 27.8 Å². The van der Waals surface area contributed by atoms with Crippen molar-refractivity contribution in [1.82, 2.24) is 9.97 Å². The van der Waals surface area contributed by atoms with Crippen LogP contribution in [0, 0.1) is 12.3 Å². The van der Waals surface area contributed by atoms with Crippen LogP contribution in [0.5, 0.6) is 0 Å². The Kier molecular flexibility index (Phi) is 5.87. The van der Waals surface area contributed by atoms with Gasteiger partial charge in [-0.1, -0.05) is 30.2 Å². The number of terminal acetylenes is 1. The number of carbonyl (C=O) groups excluding carboxylic acids is 3. The van der Waals surface area contributed by atoms with Gasteiger partial charge in [-0.05, 0) is 42.5 Å². The minimum atomic E-state index is -0.668. The largest absolute Gasteiger partial charge is 0.453 e. The molecule has 0 radical (unpaired) electrons. The molecule has 0 unspecified atom stereocenters. The number of aromatic amines is 1. The lowest BCUT2D eigenvalue weighted by molar-refractivity contribution is 0.0996. The molecule has 0 saturated heterocycles. The number of rotatable bonds is 5. The minimum absolute atomic E-state index is 0.190. The molecule has 4 aromatic rings. The summed E-state index contributed by atoms with van der Waals surface area (Å²) in [6, 6.07) is 18.3. The number of aromatic nitrogens is 2. The number of amides is 2. The van der Waals surface area contributed by atoms with E-state index < -0.39 is 12.0 Å². The molecule has 8 nitrogen and oxygen atoms in total. The van der Waals surface area contributed by atoms with Gasteiger partial charge in [0, 0.05) is 22.4 Å². The fraction of sp³-hybridized carbons (Fsp3) is 0.0400. The van der Waals surface area contributed by atoms with Gasteiger partial charge in [-0.25, -0.2) is 9.78 Å². The van der Waals surface area contributed by atoms with Gasteiger partial charge in [-0.2, -0.15) is 0 Å². The molecule has 0 saturated carbocycles. The highest BCUT2D eigenvalue weighted by atomic mass is 16.5. The Morgan fingerprint density at radius 3 is 2.52 bits per heavy atom. The highest BCUT2D eigenvalue weighted by Gasteiger charge is 2.19. The van der Waals surface area contributed by atoms with E-state index in [1.54, 1.807) is 66.7 Å². The van der Waals surface area contributed by atoms with Crippen molar-refractivity contribution in [3.8, 4) is 12.3 Å². The highest BCUT2D eigenvalue weighted by molar-refractivity contribution is 6.18. The van der Waals surface area contributed by atoms with Crippen molar-refractivity contribution in [2.45, 2.75) is 0 Å². The van der Waals surface area contributed by atoms with Gasteiger partial charge in [0.2, 0.25) is 5.95 Å². The molecule has 3 aromatic carbocycles. The van der Waals surface area contributed by atoms with Crippen molar-refractivity contribution >= 4 is 40.5 Å². The summed E-state index contributed by atoms with van der Waals surface area (Å²) in [6.45, 7) is 0. The Morgan fingerprint density at radius 2 is 1.76 bits per heavy atom. The van der Waals surface area contributed by atoms with Crippen LogP contribution in [0.25, 0.3) is 11.0 Å². The Bertz CT molecular complexity index is 1430. The standard InChI is InChI=1S/C25H18N4O4/c1-3-15-7-6-8-17(13-15)26-23(31)19-10-5-4-9-18(19)22(30)16-11-12-20-21(14-16)28-24(27-20)29-25(32)33-2/h1,4-14H,2H3,(H,26,31)(H2,27,28,29,32). The fourth-order valence-corrected chi connectivity index (χ4v) is 3.28. The van der Waals surface area contributed by atoms with Gasteiger partial charge in [0.05, 0.1) is 23.7 Å². The van der Waals surface area contributed by atoms with Gasteiger partial charge in [0.25, 0.3) is 5.91 Å². The number of methoxy groups -OCH3 is 1. The fourth-order valence-electron chi connectivity index (χ4n) is 3.28. The predicted octanol–water partition coefficient (Wildman–Crippen LogP) is 4.21. The maximum absolute atomic E-state index is 13.3. The molecule has 1 heterocycles. The molecule has 33 heavy (non-hydrogen) atoms. The Hall–Kier alpha value is -4.90. The first-order chi connectivity index (χ1) is 16.0. The molecule has 2 amide bonds. The van der Waals surface area contributed by atoms with Crippen LogP contribution >= 0.6 is 0 Å². The molecule has 0 bridgehead atoms. The van der Waals surface area contributed by atoms with E-state index in [4.69, 9.17) is 6.42 Å². The Balaban J connectivity index is 1.62. The van der Waals surface area contributed by atoms with Crippen LogP contribution in [0.3, 0.4) is 0 Å². The predicted molar refractivity (Wildman–Crippen MR) is 124 cm³/mol. The normalized spacial score (nSPS) is 10.3. The van der Waals surface area contributed by atoms with Gasteiger partial charge in [-0.15, -0.1) is 6.42 Å². The minimum Gasteiger partial charge on any atom is -0.453 e. The van der Waals surface area contributed by atoms with Gasteiger partial charge in [0.15, 0.2) is 5.78 Å². The smallest absolute Gasteiger partial charge is 0.413 e. The number of hydrogen-bond donors (Lipinski definition) is 3. The monoisotopic (exact) mass is 438 g/mol. The maximum Gasteiger partial charge on any atom is 0.413 e. The zero-order valence-electron chi connectivity index (χ0n) is 17.5. The van der Waals surface area contributed by atoms with Gasteiger partial charge in [0.1, 0.15) is 0 Å². The molecule has 0 aliphatic carbocycles. The van der Waals surface area contributed by atoms with Crippen LogP contribution in [0.15, 0.2) is 66.7 Å². The van der Waals surface area contributed by atoms with Gasteiger partial charge in [-0.3, -0.25) is 14.9 Å². The van der Waals surface area contributed by atoms with Crippen LogP contribution in [0.4, 0.5) is 16.4 Å². The van der Waals surface area contributed by atoms with Gasteiger partial charge >= 0.3 is 6.09 Å². The third-order valence-electron chi connectivity index (χ3n) is 4.85. The molecule has 0 spiro atoms. The number of ketones is 1. The van der Waals surface area contributed by atoms with E-state index in [1.165, 1.54) is 7.11 Å². The zero-order valence-corrected chi connectivity index (χ0v) is 17.5. The summed E-state index contributed by atoms with van der Waals surface area (Å²) in [4.78, 5) is 44.7. The van der Waals surface area contributed by atoms with E-state index in [0.717, 1.165) is 0 Å². The number of ether oxygens (including phenoxy) is 1. The van der Waals surface area contributed by atoms with Crippen molar-refractivity contribution < 1.29 is 19.1 Å². The second-order valence-corrected chi connectivity index (χ2v) is 6.99. The SMILES string of the molecule is C#Cc1cccc(NC(=O)c2ccccc2C(=O)c2ccc3nc(NC(=O)OC)[nH]c3c2)c1. The van der Waals surface area contributed by atoms with Crippen molar-refractivity contribution in [2.75, 3.05) is 17.7 Å². The number of hydrogen-bond acceptors (Lipinski definition) is 5. The Labute approximate surface area is 189 Å². The molecule has 0 aliphatic heterocycles. The molecule has 0 aliphatic rings. The third-order valence-corrected chi connectivity index (χ3v) is 4.85. The van der Waals surface area contributed by atoms with Crippen molar-refractivity contribution in [3.05, 3.63) is 89.0 Å². The number of imidazole rings is 1. The molecule has 0 fully saturated rings. The van der Waals surface area contributed by atoms with E-state index in [9.17, 15) is 14.4 Å². The molecule has 0 atom stereocenters. The lowest BCUT2D eigenvalue weighted by atomic mass is 9.97. The summed E-state index contributed by atoms with van der Waals surface area (Å²) in [5, 5.41) is 5.22. The maximum atomic E-state index is 13.3. The second-order valence-electron chi connectivity index (χ2n) is 6.99. The molecule has 162 valence electrons. The quantitative estimate of drug-likeness (QED) is 0.319. The number of nitrogens with one attached hydrogen (secondary N) is 3. The molecular weight excluding hydrogens is 420 g/mol. The van der Waals surface area contributed by atoms with Crippen LogP contribution in [-0.2, 0) is 4.74 Å². The van der Waals surface area contributed by atoms with E-state index in [1.807, 2.05) is 0 Å². The summed E-state index contributed by atoms with van der Waals surface area (Å²) < 4.78 is 4.55. The van der Waals surface area contributed by atoms with E-state index >= 15 is 0 Å². The van der Waals surface area contributed by atoms with Crippen molar-refractivity contribution in [1.29, 1.82) is 0 Å². The molecule has 4 rings (SSSR count). The average molecular weight is 438 g/mol. The molecule has 8 heteroatoms. The first kappa shape index (κ1) is 21.3. The van der Waals surface area contributed by atoms with Crippen LogP contribution in [-0.4, -0.2) is 34.9 Å². The Morgan fingerprint density at radius 1 is 0.970 bits per heavy atom. The van der Waals surface area contributed by atoms with E-state index in [2.05, 4.69) is 31.3 Å². The number of H-pyrrole nitrogens is 1. The van der Waals surface area contributed by atoms with Crippen LogP contribution < -0.4 is 10.6 Å². The summed E-state index contributed by atoms with van der Waals surface area (Å²) in [6.07, 6.45) is 4.75. The number of anilines is 2. The number of nitrogens with zero attached hydrogens (tertiary/aromatic N) is 1. The average Bonchev–Trinajstić information content (AvgIpc) is 3.24. The third kappa shape index (κ3) is 4.57. The first-order valence-electron chi connectivity index (χ1n) is 9.85. The molecule has 1 aromatic heterocycles. The summed E-state index contributed by atoms with van der Waals surface area (Å²) in [7, 11) is 1.24. The van der Waals surface area contributed by atoms with Crippen LogP contribution in [0.2, 0.25) is 0 Å². The summed E-state index contributed by atoms with van der Waals surface area (Å²) in [5.41, 5.74) is 3.08. The zero-order chi connectivity index (χ0) is 23.4. The highest BCUT2D eigenvalue weighted by Crippen LogP contribution is 2.21.